The first-order chi connectivity index (χ1) is 9.99. The van der Waals surface area contributed by atoms with Gasteiger partial charge in [-0.2, -0.15) is 0 Å². The van der Waals surface area contributed by atoms with Gasteiger partial charge in [0.25, 0.3) is 0 Å². The summed E-state index contributed by atoms with van der Waals surface area (Å²) in [4.78, 5) is 36.1. The number of piperidine rings is 1. The second kappa shape index (κ2) is 8.15. The van der Waals surface area contributed by atoms with Gasteiger partial charge in [-0.1, -0.05) is 0 Å². The van der Waals surface area contributed by atoms with E-state index in [0.29, 0.717) is 26.0 Å². The number of carboxylic acid groups (broad SMARTS) is 1. The minimum Gasteiger partial charge on any atom is -0.480 e. The molecule has 1 rings (SSSR count). The van der Waals surface area contributed by atoms with Gasteiger partial charge in [-0.15, -0.1) is 12.3 Å². The molecule has 2 N–H and O–H groups in total. The lowest BCUT2D eigenvalue weighted by atomic mass is 9.98. The molecule has 1 heterocycles. The maximum atomic E-state index is 12.0. The number of esters is 1. The number of amides is 2. The molecule has 2 unspecified atom stereocenters. The van der Waals surface area contributed by atoms with Crippen LogP contribution in [0.4, 0.5) is 4.79 Å². The number of likely N-dealkylation sites (tertiary alicyclic amines) is 1. The van der Waals surface area contributed by atoms with Crippen LogP contribution in [0.2, 0.25) is 0 Å². The highest BCUT2D eigenvalue weighted by molar-refractivity contribution is 5.83. The van der Waals surface area contributed by atoms with Crippen molar-refractivity contribution in [1.82, 2.24) is 10.2 Å². The van der Waals surface area contributed by atoms with Crippen molar-refractivity contribution < 1.29 is 24.2 Å². The monoisotopic (exact) mass is 296 g/mol. The second-order valence-corrected chi connectivity index (χ2v) is 4.79. The van der Waals surface area contributed by atoms with E-state index in [-0.39, 0.29) is 24.9 Å². The fourth-order valence-corrected chi connectivity index (χ4v) is 2.17. The molecule has 0 aromatic heterocycles. The maximum absolute atomic E-state index is 12.0. The van der Waals surface area contributed by atoms with Gasteiger partial charge in [0, 0.05) is 19.5 Å². The van der Waals surface area contributed by atoms with Gasteiger partial charge < -0.3 is 20.1 Å². The predicted molar refractivity (Wildman–Crippen MR) is 74.3 cm³/mol. The van der Waals surface area contributed by atoms with Crippen molar-refractivity contribution in [1.29, 1.82) is 0 Å². The average molecular weight is 296 g/mol. The van der Waals surface area contributed by atoms with Crippen molar-refractivity contribution in [2.75, 3.05) is 19.7 Å². The van der Waals surface area contributed by atoms with E-state index in [1.54, 1.807) is 6.92 Å². The van der Waals surface area contributed by atoms with Crippen molar-refractivity contribution >= 4 is 18.0 Å². The number of nitrogens with one attached hydrogen (secondary N) is 1. The molecular weight excluding hydrogens is 276 g/mol. The highest BCUT2D eigenvalue weighted by Gasteiger charge is 2.30. The van der Waals surface area contributed by atoms with Gasteiger partial charge in [0.15, 0.2) is 0 Å². The lowest BCUT2D eigenvalue weighted by Crippen LogP contribution is -2.51. The van der Waals surface area contributed by atoms with Crippen LogP contribution in [-0.4, -0.2) is 53.7 Å². The summed E-state index contributed by atoms with van der Waals surface area (Å²) in [5, 5.41) is 11.3. The topological polar surface area (TPSA) is 95.9 Å². The molecule has 21 heavy (non-hydrogen) atoms. The number of terminal acetylenes is 1. The standard InChI is InChI=1S/C14H20N2O5/c1-3-6-11(12(17)18)15-14(20)16-8-5-7-10(9-16)13(19)21-4-2/h1,10-11H,4-9H2,2H3,(H,15,20)(H,17,18). The van der Waals surface area contributed by atoms with Gasteiger partial charge in [-0.05, 0) is 19.8 Å². The summed E-state index contributed by atoms with van der Waals surface area (Å²) in [6, 6.07) is -1.64. The first-order valence-corrected chi connectivity index (χ1v) is 6.87. The summed E-state index contributed by atoms with van der Waals surface area (Å²) >= 11 is 0. The van der Waals surface area contributed by atoms with Gasteiger partial charge in [0.1, 0.15) is 6.04 Å². The summed E-state index contributed by atoms with van der Waals surface area (Å²) in [7, 11) is 0. The van der Waals surface area contributed by atoms with Gasteiger partial charge in [-0.25, -0.2) is 9.59 Å². The van der Waals surface area contributed by atoms with Crippen LogP contribution in [0.25, 0.3) is 0 Å². The van der Waals surface area contributed by atoms with Crippen LogP contribution in [0, 0.1) is 18.3 Å². The molecule has 0 radical (unpaired) electrons. The largest absolute Gasteiger partial charge is 0.480 e. The Morgan fingerprint density at radius 3 is 2.81 bits per heavy atom. The smallest absolute Gasteiger partial charge is 0.327 e. The van der Waals surface area contributed by atoms with Gasteiger partial charge in [-0.3, -0.25) is 4.79 Å². The zero-order valence-electron chi connectivity index (χ0n) is 12.0. The van der Waals surface area contributed by atoms with Crippen molar-refractivity contribution in [2.24, 2.45) is 5.92 Å². The number of rotatable bonds is 5. The molecule has 1 fully saturated rings. The molecule has 0 saturated carbocycles. The summed E-state index contributed by atoms with van der Waals surface area (Å²) < 4.78 is 4.95. The molecule has 1 aliphatic heterocycles. The molecule has 1 aliphatic rings. The molecule has 116 valence electrons. The van der Waals surface area contributed by atoms with Crippen LogP contribution in [0.1, 0.15) is 26.2 Å². The first-order valence-electron chi connectivity index (χ1n) is 6.87. The molecule has 0 aromatic carbocycles. The normalized spacial score (nSPS) is 19.2. The molecule has 2 amide bonds. The van der Waals surface area contributed by atoms with Gasteiger partial charge in [0.2, 0.25) is 0 Å². The zero-order valence-corrected chi connectivity index (χ0v) is 12.0. The Morgan fingerprint density at radius 2 is 2.24 bits per heavy atom. The minimum absolute atomic E-state index is 0.0871. The van der Waals surface area contributed by atoms with Crippen LogP contribution in [-0.2, 0) is 14.3 Å². The Kier molecular flexibility index (Phi) is 6.53. The van der Waals surface area contributed by atoms with Crippen LogP contribution in [0.15, 0.2) is 0 Å². The van der Waals surface area contributed by atoms with E-state index in [0.717, 1.165) is 0 Å². The zero-order chi connectivity index (χ0) is 15.8. The highest BCUT2D eigenvalue weighted by Crippen LogP contribution is 2.18. The molecule has 0 aromatic rings. The molecular formula is C14H20N2O5. The van der Waals surface area contributed by atoms with Crippen LogP contribution in [0.5, 0.6) is 0 Å². The summed E-state index contributed by atoms with van der Waals surface area (Å²) in [6.07, 6.45) is 6.32. The number of nitrogens with zero attached hydrogens (tertiary/aromatic N) is 1. The Morgan fingerprint density at radius 1 is 1.52 bits per heavy atom. The predicted octanol–water partition coefficient (Wildman–Crippen LogP) is 0.448. The third-order valence-electron chi connectivity index (χ3n) is 3.25. The van der Waals surface area contributed by atoms with E-state index >= 15 is 0 Å². The van der Waals surface area contributed by atoms with E-state index < -0.39 is 18.0 Å². The summed E-state index contributed by atoms with van der Waals surface area (Å²) in [6.45, 7) is 2.73. The Bertz CT molecular complexity index is 443. The van der Waals surface area contributed by atoms with E-state index in [1.165, 1.54) is 4.90 Å². The lowest BCUT2D eigenvalue weighted by molar-refractivity contribution is -0.149. The van der Waals surface area contributed by atoms with Crippen molar-refractivity contribution in [3.8, 4) is 12.3 Å². The highest BCUT2D eigenvalue weighted by atomic mass is 16.5. The number of carbonyl (C=O) groups excluding carboxylic acids is 2. The average Bonchev–Trinajstić information content (AvgIpc) is 2.47. The number of hydrogen-bond donors (Lipinski definition) is 2. The lowest BCUT2D eigenvalue weighted by Gasteiger charge is -2.32. The van der Waals surface area contributed by atoms with Gasteiger partial charge in [0.05, 0.1) is 12.5 Å². The van der Waals surface area contributed by atoms with Crippen molar-refractivity contribution in [3.05, 3.63) is 0 Å². The third-order valence-corrected chi connectivity index (χ3v) is 3.25. The van der Waals surface area contributed by atoms with Crippen LogP contribution >= 0.6 is 0 Å². The molecule has 0 spiro atoms. The Labute approximate surface area is 123 Å². The molecule has 1 saturated heterocycles. The Balaban J connectivity index is 2.59. The van der Waals surface area contributed by atoms with E-state index in [9.17, 15) is 14.4 Å². The van der Waals surface area contributed by atoms with E-state index in [1.807, 2.05) is 0 Å². The first kappa shape index (κ1) is 16.8. The fraction of sp³-hybridized carbons (Fsp3) is 0.643. The fourth-order valence-electron chi connectivity index (χ4n) is 2.17. The Hall–Kier alpha value is -2.23. The van der Waals surface area contributed by atoms with Gasteiger partial charge >= 0.3 is 18.0 Å². The molecule has 0 bridgehead atoms. The number of carboxylic acids is 1. The molecule has 2 atom stereocenters. The number of hydrogen-bond acceptors (Lipinski definition) is 4. The van der Waals surface area contributed by atoms with Crippen LogP contribution in [0.3, 0.4) is 0 Å². The third kappa shape index (κ3) is 4.99. The SMILES string of the molecule is C#CCC(NC(=O)N1CCCC(C(=O)OCC)C1)C(=O)O. The molecule has 7 nitrogen and oxygen atoms in total. The van der Waals surface area contributed by atoms with Crippen molar-refractivity contribution in [3.63, 3.8) is 0 Å². The van der Waals surface area contributed by atoms with Crippen LogP contribution < -0.4 is 5.32 Å². The second-order valence-electron chi connectivity index (χ2n) is 4.79. The van der Waals surface area contributed by atoms with Crippen molar-refractivity contribution in [2.45, 2.75) is 32.2 Å². The molecule has 7 heteroatoms. The number of carbonyl (C=O) groups is 3. The number of aliphatic carboxylic acids is 1. The minimum atomic E-state index is -1.18. The number of urea groups is 1. The summed E-state index contributed by atoms with van der Waals surface area (Å²) in [5.41, 5.74) is 0. The van der Waals surface area contributed by atoms with E-state index in [4.69, 9.17) is 16.3 Å². The quantitative estimate of drug-likeness (QED) is 0.567. The van der Waals surface area contributed by atoms with E-state index in [2.05, 4.69) is 11.2 Å². The number of ether oxygens (including phenoxy) is 1. The maximum Gasteiger partial charge on any atom is 0.327 e. The molecule has 0 aliphatic carbocycles. The summed E-state index contributed by atoms with van der Waals surface area (Å²) in [5.74, 6) is 0.346.